The number of nitrogens with one attached hydrogen (secondary N) is 1. The fraction of sp³-hybridized carbons (Fsp3) is 0.375. The second kappa shape index (κ2) is 5.92. The van der Waals surface area contributed by atoms with E-state index in [0.29, 0.717) is 21.7 Å². The summed E-state index contributed by atoms with van der Waals surface area (Å²) in [4.78, 5) is 28.4. The summed E-state index contributed by atoms with van der Waals surface area (Å²) < 4.78 is 4.88. The minimum absolute atomic E-state index is 0.231. The standard InChI is InChI=1S/C8H9BrN2O3S/c1-14-5(12)2-3-15-8-6(9)7(13)10-4-11-8/h4H,2-3H2,1H3,(H,10,11,13). The molecule has 0 aromatic carbocycles. The molecule has 0 saturated heterocycles. The Hall–Kier alpha value is -0.820. The highest BCUT2D eigenvalue weighted by Gasteiger charge is 2.07. The van der Waals surface area contributed by atoms with E-state index in [1.54, 1.807) is 0 Å². The van der Waals surface area contributed by atoms with Gasteiger partial charge in [-0.05, 0) is 15.9 Å². The van der Waals surface area contributed by atoms with Gasteiger partial charge in [0.1, 0.15) is 9.50 Å². The lowest BCUT2D eigenvalue weighted by Crippen LogP contribution is -2.08. The molecule has 0 aliphatic carbocycles. The third-order valence-corrected chi connectivity index (χ3v) is 3.53. The van der Waals surface area contributed by atoms with Crippen molar-refractivity contribution >= 4 is 33.7 Å². The van der Waals surface area contributed by atoms with Crippen LogP contribution in [-0.2, 0) is 9.53 Å². The molecule has 7 heteroatoms. The largest absolute Gasteiger partial charge is 0.469 e. The van der Waals surface area contributed by atoms with E-state index in [0.717, 1.165) is 0 Å². The summed E-state index contributed by atoms with van der Waals surface area (Å²) in [6.45, 7) is 0. The summed E-state index contributed by atoms with van der Waals surface area (Å²) in [7, 11) is 1.34. The molecule has 0 bridgehead atoms. The van der Waals surface area contributed by atoms with Crippen molar-refractivity contribution in [3.05, 3.63) is 21.2 Å². The fourth-order valence-corrected chi connectivity index (χ4v) is 2.17. The van der Waals surface area contributed by atoms with Gasteiger partial charge in [0.05, 0.1) is 19.9 Å². The van der Waals surface area contributed by atoms with Crippen LogP contribution >= 0.6 is 27.7 Å². The highest BCUT2D eigenvalue weighted by atomic mass is 79.9. The van der Waals surface area contributed by atoms with Gasteiger partial charge in [-0.1, -0.05) is 0 Å². The molecule has 0 aliphatic heterocycles. The van der Waals surface area contributed by atoms with E-state index >= 15 is 0 Å². The Balaban J connectivity index is 2.55. The first kappa shape index (κ1) is 12.3. The number of halogens is 1. The zero-order chi connectivity index (χ0) is 11.3. The van der Waals surface area contributed by atoms with E-state index in [1.165, 1.54) is 25.2 Å². The number of thioether (sulfide) groups is 1. The summed E-state index contributed by atoms with van der Waals surface area (Å²) in [5, 5.41) is 0.572. The Bertz CT molecular complexity index is 407. The third-order valence-electron chi connectivity index (χ3n) is 1.54. The van der Waals surface area contributed by atoms with Crippen LogP contribution in [0.1, 0.15) is 6.42 Å². The molecule has 1 aromatic heterocycles. The van der Waals surface area contributed by atoms with Crippen molar-refractivity contribution in [3.8, 4) is 0 Å². The smallest absolute Gasteiger partial charge is 0.306 e. The summed E-state index contributed by atoms with van der Waals surface area (Å²) in [5.41, 5.74) is -0.231. The Morgan fingerprint density at radius 2 is 2.47 bits per heavy atom. The van der Waals surface area contributed by atoms with Crippen LogP contribution in [0.25, 0.3) is 0 Å². The Morgan fingerprint density at radius 1 is 1.73 bits per heavy atom. The number of rotatable bonds is 4. The van der Waals surface area contributed by atoms with Gasteiger partial charge in [-0.25, -0.2) is 4.98 Å². The number of esters is 1. The van der Waals surface area contributed by atoms with Gasteiger partial charge in [0.15, 0.2) is 0 Å². The highest BCUT2D eigenvalue weighted by Crippen LogP contribution is 2.21. The Morgan fingerprint density at radius 3 is 3.13 bits per heavy atom. The second-order valence-electron chi connectivity index (χ2n) is 2.53. The van der Waals surface area contributed by atoms with E-state index in [2.05, 4.69) is 30.6 Å². The summed E-state index contributed by atoms with van der Waals surface area (Å²) in [6, 6.07) is 0. The molecular weight excluding hydrogens is 284 g/mol. The van der Waals surface area contributed by atoms with Gasteiger partial charge < -0.3 is 9.72 Å². The molecule has 0 saturated carbocycles. The maximum absolute atomic E-state index is 11.1. The summed E-state index contributed by atoms with van der Waals surface area (Å²) in [5.74, 6) is 0.255. The number of H-pyrrole nitrogens is 1. The second-order valence-corrected chi connectivity index (χ2v) is 4.40. The van der Waals surface area contributed by atoms with Crippen LogP contribution in [-0.4, -0.2) is 28.8 Å². The van der Waals surface area contributed by atoms with Crippen LogP contribution in [0.5, 0.6) is 0 Å². The van der Waals surface area contributed by atoms with Crippen LogP contribution in [0.4, 0.5) is 0 Å². The van der Waals surface area contributed by atoms with Gasteiger partial charge in [0, 0.05) is 5.75 Å². The van der Waals surface area contributed by atoms with E-state index in [-0.39, 0.29) is 11.5 Å². The topological polar surface area (TPSA) is 72.0 Å². The molecule has 82 valence electrons. The van der Waals surface area contributed by atoms with Crippen molar-refractivity contribution < 1.29 is 9.53 Å². The average Bonchev–Trinajstić information content (AvgIpc) is 2.24. The molecule has 1 rings (SSSR count). The van der Waals surface area contributed by atoms with Crippen molar-refractivity contribution in [2.75, 3.05) is 12.9 Å². The monoisotopic (exact) mass is 292 g/mol. The zero-order valence-corrected chi connectivity index (χ0v) is 10.4. The van der Waals surface area contributed by atoms with Gasteiger partial charge in [0.25, 0.3) is 5.56 Å². The first-order valence-corrected chi connectivity index (χ1v) is 5.86. The normalized spacial score (nSPS) is 10.0. The van der Waals surface area contributed by atoms with Gasteiger partial charge in [0.2, 0.25) is 0 Å². The molecule has 0 fully saturated rings. The molecule has 0 atom stereocenters. The van der Waals surface area contributed by atoms with Gasteiger partial charge in [-0.3, -0.25) is 9.59 Å². The molecule has 0 unspecified atom stereocenters. The SMILES string of the molecule is COC(=O)CCSc1nc[nH]c(=O)c1Br. The number of carbonyl (C=O) groups excluding carboxylic acids is 1. The lowest BCUT2D eigenvalue weighted by Gasteiger charge is -2.01. The molecule has 1 aromatic rings. The number of hydrogen-bond donors (Lipinski definition) is 1. The van der Waals surface area contributed by atoms with Crippen molar-refractivity contribution in [2.24, 2.45) is 0 Å². The van der Waals surface area contributed by atoms with Gasteiger partial charge in [-0.2, -0.15) is 0 Å². The number of nitrogens with zero attached hydrogens (tertiary/aromatic N) is 1. The van der Waals surface area contributed by atoms with Crippen LogP contribution in [0.15, 0.2) is 20.6 Å². The summed E-state index contributed by atoms with van der Waals surface area (Å²) in [6.07, 6.45) is 1.62. The van der Waals surface area contributed by atoms with Crippen LogP contribution in [0, 0.1) is 0 Å². The van der Waals surface area contributed by atoms with E-state index in [9.17, 15) is 9.59 Å². The predicted octanol–water partition coefficient (Wildman–Crippen LogP) is 1.19. The number of aromatic amines is 1. The van der Waals surface area contributed by atoms with Crippen molar-refractivity contribution in [3.63, 3.8) is 0 Å². The zero-order valence-electron chi connectivity index (χ0n) is 7.95. The fourth-order valence-electron chi connectivity index (χ4n) is 0.800. The average molecular weight is 293 g/mol. The van der Waals surface area contributed by atoms with Gasteiger partial charge in [-0.15, -0.1) is 11.8 Å². The van der Waals surface area contributed by atoms with E-state index < -0.39 is 0 Å². The molecule has 0 amide bonds. The molecule has 0 aliphatic rings. The molecule has 1 N–H and O–H groups in total. The van der Waals surface area contributed by atoms with Crippen molar-refractivity contribution in [2.45, 2.75) is 11.4 Å². The molecule has 0 radical (unpaired) electrons. The highest BCUT2D eigenvalue weighted by molar-refractivity contribution is 9.10. The van der Waals surface area contributed by atoms with Crippen molar-refractivity contribution in [1.82, 2.24) is 9.97 Å². The lowest BCUT2D eigenvalue weighted by molar-refractivity contribution is -0.140. The predicted molar refractivity (Wildman–Crippen MR) is 59.9 cm³/mol. The minimum Gasteiger partial charge on any atom is -0.469 e. The molecule has 1 heterocycles. The quantitative estimate of drug-likeness (QED) is 0.513. The van der Waals surface area contributed by atoms with E-state index in [1.807, 2.05) is 0 Å². The van der Waals surface area contributed by atoms with Gasteiger partial charge >= 0.3 is 5.97 Å². The minimum atomic E-state index is -0.275. The molecule has 0 spiro atoms. The first-order chi connectivity index (χ1) is 7.15. The summed E-state index contributed by atoms with van der Waals surface area (Å²) >= 11 is 4.45. The van der Waals surface area contributed by atoms with Crippen LogP contribution < -0.4 is 5.56 Å². The number of carbonyl (C=O) groups is 1. The number of aromatic nitrogens is 2. The molecule has 5 nitrogen and oxygen atoms in total. The third kappa shape index (κ3) is 3.67. The van der Waals surface area contributed by atoms with E-state index in [4.69, 9.17) is 0 Å². The van der Waals surface area contributed by atoms with Crippen molar-refractivity contribution in [1.29, 1.82) is 0 Å². The van der Waals surface area contributed by atoms with Crippen LogP contribution in [0.2, 0.25) is 0 Å². The first-order valence-electron chi connectivity index (χ1n) is 4.08. The molecular formula is C8H9BrN2O3S. The number of hydrogen-bond acceptors (Lipinski definition) is 5. The van der Waals surface area contributed by atoms with Crippen LogP contribution in [0.3, 0.4) is 0 Å². The maximum Gasteiger partial charge on any atom is 0.306 e. The maximum atomic E-state index is 11.1. The Labute approximate surface area is 98.8 Å². The number of methoxy groups -OCH3 is 1. The number of ether oxygens (including phenoxy) is 1. The lowest BCUT2D eigenvalue weighted by atomic mass is 10.5. The Kier molecular flexibility index (Phi) is 4.83. The molecule has 15 heavy (non-hydrogen) atoms.